The lowest BCUT2D eigenvalue weighted by molar-refractivity contribution is -0.172. The van der Waals surface area contributed by atoms with Crippen LogP contribution in [-0.4, -0.2) is 31.7 Å². The Kier molecular flexibility index (Phi) is 5.80. The molecule has 2 aliphatic rings. The van der Waals surface area contributed by atoms with Gasteiger partial charge in [0.15, 0.2) is 5.60 Å². The molecule has 0 aliphatic carbocycles. The molecule has 1 atom stereocenters. The maximum atomic E-state index is 13.5. The number of carbonyl (C=O) groups excluding carboxylic acids is 2. The smallest absolute Gasteiger partial charge is 0.343 e. The van der Waals surface area contributed by atoms with Gasteiger partial charge in [0.05, 0.1) is 29.0 Å². The van der Waals surface area contributed by atoms with E-state index < -0.39 is 17.5 Å². The Hall–Kier alpha value is -4.76. The minimum Gasteiger partial charge on any atom is -0.508 e. The van der Waals surface area contributed by atoms with Gasteiger partial charge in [0, 0.05) is 22.6 Å². The van der Waals surface area contributed by atoms with Crippen LogP contribution in [0, 0.1) is 0 Å². The number of hydrogen-bond acceptors (Lipinski definition) is 8. The Labute approximate surface area is 222 Å². The normalized spacial score (nSPS) is 17.5. The van der Waals surface area contributed by atoms with Gasteiger partial charge in [-0.2, -0.15) is 0 Å². The maximum Gasteiger partial charge on any atom is 0.343 e. The molecule has 0 bridgehead atoms. The van der Waals surface area contributed by atoms with Crippen molar-refractivity contribution in [3.05, 3.63) is 98.8 Å². The summed E-state index contributed by atoms with van der Waals surface area (Å²) in [7, 11) is 0. The van der Waals surface area contributed by atoms with Crippen molar-refractivity contribution in [2.75, 3.05) is 0 Å². The quantitative estimate of drug-likeness (QED) is 0.264. The van der Waals surface area contributed by atoms with Crippen LogP contribution in [0.2, 0.25) is 0 Å². The maximum absolute atomic E-state index is 13.5. The highest BCUT2D eigenvalue weighted by Crippen LogP contribution is 2.41. The molecule has 196 valence electrons. The number of fused-ring (bicyclic) bond motifs is 5. The molecule has 0 fully saturated rings. The van der Waals surface area contributed by atoms with Crippen LogP contribution in [0.5, 0.6) is 5.75 Å². The van der Waals surface area contributed by atoms with Crippen molar-refractivity contribution in [3.63, 3.8) is 0 Å². The van der Waals surface area contributed by atoms with Crippen molar-refractivity contribution >= 4 is 28.9 Å². The van der Waals surface area contributed by atoms with E-state index in [1.165, 1.54) is 16.7 Å². The second-order valence-electron chi connectivity index (χ2n) is 9.58. The summed E-state index contributed by atoms with van der Waals surface area (Å²) in [5, 5.41) is 21.9. The number of carbonyl (C=O) groups is 2. The third-order valence-corrected chi connectivity index (χ3v) is 7.33. The number of pyridine rings is 2. The number of benzene rings is 2. The molecule has 9 heteroatoms. The van der Waals surface area contributed by atoms with E-state index >= 15 is 0 Å². The number of aromatic hydroxyl groups is 1. The van der Waals surface area contributed by atoms with E-state index in [4.69, 9.17) is 14.5 Å². The fourth-order valence-corrected chi connectivity index (χ4v) is 5.22. The Morgan fingerprint density at radius 2 is 1.95 bits per heavy atom. The van der Waals surface area contributed by atoms with Gasteiger partial charge in [-0.25, -0.2) is 14.6 Å². The highest BCUT2D eigenvalue weighted by Gasteiger charge is 2.45. The van der Waals surface area contributed by atoms with Crippen LogP contribution in [0.3, 0.4) is 0 Å². The molecule has 6 rings (SSSR count). The zero-order valence-electron chi connectivity index (χ0n) is 21.0. The van der Waals surface area contributed by atoms with E-state index in [1.54, 1.807) is 31.2 Å². The van der Waals surface area contributed by atoms with Crippen molar-refractivity contribution in [1.82, 2.24) is 9.55 Å². The van der Waals surface area contributed by atoms with E-state index in [1.807, 2.05) is 30.3 Å². The van der Waals surface area contributed by atoms with Gasteiger partial charge in [-0.3, -0.25) is 4.79 Å². The predicted molar refractivity (Wildman–Crippen MR) is 141 cm³/mol. The predicted octanol–water partition coefficient (Wildman–Crippen LogP) is 3.54. The van der Waals surface area contributed by atoms with Crippen LogP contribution < -0.4 is 5.56 Å². The summed E-state index contributed by atoms with van der Waals surface area (Å²) >= 11 is 0. The molecule has 2 aliphatic heterocycles. The molecular weight excluding hydrogens is 500 g/mol. The minimum absolute atomic E-state index is 0.0253. The third kappa shape index (κ3) is 3.98. The van der Waals surface area contributed by atoms with Crippen LogP contribution in [0.15, 0.2) is 65.5 Å². The lowest BCUT2D eigenvalue weighted by atomic mass is 9.86. The first-order chi connectivity index (χ1) is 18.8. The minimum atomic E-state index is -1.93. The molecule has 2 N–H and O–H groups in total. The molecule has 0 amide bonds. The lowest BCUT2D eigenvalue weighted by Crippen LogP contribution is -2.44. The summed E-state index contributed by atoms with van der Waals surface area (Å²) in [5.41, 5.74) is 1.71. The monoisotopic (exact) mass is 524 g/mol. The third-order valence-electron chi connectivity index (χ3n) is 7.33. The van der Waals surface area contributed by atoms with Gasteiger partial charge in [0.1, 0.15) is 19.0 Å². The van der Waals surface area contributed by atoms with E-state index in [2.05, 4.69) is 0 Å². The van der Waals surface area contributed by atoms with Crippen molar-refractivity contribution < 1.29 is 29.3 Å². The van der Waals surface area contributed by atoms with Gasteiger partial charge in [-0.15, -0.1) is 0 Å². The van der Waals surface area contributed by atoms with Crippen LogP contribution in [-0.2, 0) is 44.4 Å². The number of cyclic esters (lactones) is 1. The molecular formula is C30H24N2O7. The second-order valence-corrected chi connectivity index (χ2v) is 9.58. The topological polar surface area (TPSA) is 128 Å². The van der Waals surface area contributed by atoms with Crippen LogP contribution in [0.25, 0.3) is 28.4 Å². The number of nitrogens with zero attached hydrogens (tertiary/aromatic N) is 2. The molecule has 4 heterocycles. The summed E-state index contributed by atoms with van der Waals surface area (Å²) < 4.78 is 12.0. The molecule has 2 aromatic heterocycles. The molecule has 9 nitrogen and oxygen atoms in total. The highest BCUT2D eigenvalue weighted by molar-refractivity contribution is 5.97. The average molecular weight is 525 g/mol. The Bertz CT molecular complexity index is 1760. The molecule has 39 heavy (non-hydrogen) atoms. The first kappa shape index (κ1) is 24.6. The Balaban J connectivity index is 1.46. The standard InChI is InChI=1S/C30H24N2O7/c1-2-30(37)23-13-25-27-21(14-32(25)28(35)22(23)16-39-29(30)36)19(20-12-18(33)8-10-24(20)31-27)9-11-26(34)38-15-17-6-4-3-5-7-17/h3-13,33,37H,2,14-16H2,1H3/t30-/m0/s1. The largest absolute Gasteiger partial charge is 0.508 e. The van der Waals surface area contributed by atoms with Gasteiger partial charge in [0.2, 0.25) is 0 Å². The number of esters is 2. The summed E-state index contributed by atoms with van der Waals surface area (Å²) in [6.07, 6.45) is 2.95. The van der Waals surface area contributed by atoms with Gasteiger partial charge < -0.3 is 24.3 Å². The second kappa shape index (κ2) is 9.21. The van der Waals surface area contributed by atoms with E-state index in [-0.39, 0.29) is 48.6 Å². The lowest BCUT2D eigenvalue weighted by Gasteiger charge is -2.31. The highest BCUT2D eigenvalue weighted by atomic mass is 16.6. The van der Waals surface area contributed by atoms with Gasteiger partial charge in [0.25, 0.3) is 5.56 Å². The van der Waals surface area contributed by atoms with Crippen molar-refractivity contribution in [3.8, 4) is 17.1 Å². The number of ether oxygens (including phenoxy) is 2. The number of aliphatic hydroxyl groups is 1. The molecule has 0 spiro atoms. The van der Waals surface area contributed by atoms with Crippen LogP contribution in [0.4, 0.5) is 0 Å². The van der Waals surface area contributed by atoms with E-state index in [0.29, 0.717) is 33.4 Å². The SMILES string of the molecule is CC[C@@]1(O)C(=O)OCc2c1cc1n(c2=O)Cc2c-1nc1ccc(O)cc1c2C=CC(=O)OCc1ccccc1. The van der Waals surface area contributed by atoms with Crippen molar-refractivity contribution in [2.45, 2.75) is 38.7 Å². The molecule has 4 aromatic rings. The molecule has 2 aromatic carbocycles. The first-order valence-electron chi connectivity index (χ1n) is 12.5. The number of hydrogen-bond donors (Lipinski definition) is 2. The number of rotatable bonds is 5. The van der Waals surface area contributed by atoms with Crippen molar-refractivity contribution in [1.29, 1.82) is 0 Å². The first-order valence-corrected chi connectivity index (χ1v) is 12.5. The molecule has 0 radical (unpaired) electrons. The molecule has 0 unspecified atom stereocenters. The zero-order valence-corrected chi connectivity index (χ0v) is 21.0. The van der Waals surface area contributed by atoms with Crippen molar-refractivity contribution in [2.24, 2.45) is 0 Å². The zero-order chi connectivity index (χ0) is 27.3. The van der Waals surface area contributed by atoms with Gasteiger partial charge in [-0.05, 0) is 47.9 Å². The molecule has 0 saturated carbocycles. The summed E-state index contributed by atoms with van der Waals surface area (Å²) in [6.45, 7) is 1.68. The Morgan fingerprint density at radius 1 is 1.15 bits per heavy atom. The number of phenols is 1. The fourth-order valence-electron chi connectivity index (χ4n) is 5.22. The van der Waals surface area contributed by atoms with Crippen LogP contribution in [0.1, 0.15) is 41.2 Å². The van der Waals surface area contributed by atoms with Crippen LogP contribution >= 0.6 is 0 Å². The number of aromatic nitrogens is 2. The Morgan fingerprint density at radius 3 is 2.72 bits per heavy atom. The fraction of sp³-hybridized carbons (Fsp3) is 0.200. The summed E-state index contributed by atoms with van der Waals surface area (Å²) in [6, 6.07) is 15.6. The van der Waals surface area contributed by atoms with E-state index in [0.717, 1.165) is 5.56 Å². The molecule has 0 saturated heterocycles. The van der Waals surface area contributed by atoms with Gasteiger partial charge in [-0.1, -0.05) is 37.3 Å². The van der Waals surface area contributed by atoms with E-state index in [9.17, 15) is 24.6 Å². The summed E-state index contributed by atoms with van der Waals surface area (Å²) in [5.74, 6) is -1.32. The average Bonchev–Trinajstić information content (AvgIpc) is 3.31. The summed E-state index contributed by atoms with van der Waals surface area (Å²) in [4.78, 5) is 43.3. The van der Waals surface area contributed by atoms with Gasteiger partial charge >= 0.3 is 11.9 Å². The number of phenolic OH excluding ortho intramolecular Hbond substituents is 1.